The summed E-state index contributed by atoms with van der Waals surface area (Å²) in [5.41, 5.74) is 0.0273. The third kappa shape index (κ3) is 7.88. The SMILES string of the molecule is CCNC(=NCC(C)(O)c1cc(C)oc1C)NCCC(C)(C)C.I. The lowest BCUT2D eigenvalue weighted by Gasteiger charge is -2.22. The van der Waals surface area contributed by atoms with Crippen LogP contribution in [0.15, 0.2) is 15.5 Å². The summed E-state index contributed by atoms with van der Waals surface area (Å²) in [5.74, 6) is 2.28. The van der Waals surface area contributed by atoms with E-state index in [0.29, 0.717) is 0 Å². The van der Waals surface area contributed by atoms with Crippen LogP contribution in [0.1, 0.15) is 58.1 Å². The molecule has 0 aliphatic carbocycles. The monoisotopic (exact) mass is 451 g/mol. The Morgan fingerprint density at radius 3 is 2.29 bits per heavy atom. The van der Waals surface area contributed by atoms with Crippen LogP contribution in [0.5, 0.6) is 0 Å². The van der Waals surface area contributed by atoms with Crippen LogP contribution in [0, 0.1) is 19.3 Å². The molecule has 140 valence electrons. The van der Waals surface area contributed by atoms with Crippen LogP contribution in [0.25, 0.3) is 0 Å². The molecule has 1 aromatic rings. The van der Waals surface area contributed by atoms with Crippen LogP contribution in [-0.4, -0.2) is 30.7 Å². The van der Waals surface area contributed by atoms with Crippen molar-refractivity contribution in [3.8, 4) is 0 Å². The maximum Gasteiger partial charge on any atom is 0.191 e. The highest BCUT2D eigenvalue weighted by molar-refractivity contribution is 14.0. The molecule has 6 heteroatoms. The minimum Gasteiger partial charge on any atom is -0.466 e. The minimum atomic E-state index is -1.05. The van der Waals surface area contributed by atoms with Crippen molar-refractivity contribution < 1.29 is 9.52 Å². The zero-order valence-corrected chi connectivity index (χ0v) is 18.4. The van der Waals surface area contributed by atoms with Gasteiger partial charge in [-0.2, -0.15) is 0 Å². The number of aliphatic imine (C=N–C) groups is 1. The van der Waals surface area contributed by atoms with Crippen LogP contribution in [0.4, 0.5) is 0 Å². The number of hydrogen-bond donors (Lipinski definition) is 3. The van der Waals surface area contributed by atoms with Crippen LogP contribution in [0.2, 0.25) is 0 Å². The predicted octanol–water partition coefficient (Wildman–Crippen LogP) is 3.71. The van der Waals surface area contributed by atoms with Gasteiger partial charge in [-0.1, -0.05) is 20.8 Å². The number of rotatable bonds is 6. The fraction of sp³-hybridized carbons (Fsp3) is 0.722. The normalized spacial score (nSPS) is 14.8. The molecule has 24 heavy (non-hydrogen) atoms. The molecular weight excluding hydrogens is 417 g/mol. The number of nitrogens with zero attached hydrogens (tertiary/aromatic N) is 1. The van der Waals surface area contributed by atoms with E-state index in [9.17, 15) is 5.11 Å². The molecule has 0 fully saturated rings. The van der Waals surface area contributed by atoms with Gasteiger partial charge in [0.25, 0.3) is 0 Å². The molecule has 0 saturated heterocycles. The van der Waals surface area contributed by atoms with E-state index in [1.165, 1.54) is 0 Å². The van der Waals surface area contributed by atoms with Gasteiger partial charge in [0.2, 0.25) is 0 Å². The van der Waals surface area contributed by atoms with Crippen molar-refractivity contribution in [2.45, 2.75) is 60.5 Å². The van der Waals surface area contributed by atoms with Crippen molar-refractivity contribution in [1.82, 2.24) is 10.6 Å². The van der Waals surface area contributed by atoms with Crippen LogP contribution in [-0.2, 0) is 5.60 Å². The molecule has 1 rings (SSSR count). The van der Waals surface area contributed by atoms with Gasteiger partial charge in [-0.25, -0.2) is 4.99 Å². The smallest absolute Gasteiger partial charge is 0.191 e. The van der Waals surface area contributed by atoms with Crippen molar-refractivity contribution in [3.05, 3.63) is 23.2 Å². The molecule has 0 aliphatic heterocycles. The average molecular weight is 451 g/mol. The molecule has 1 heterocycles. The van der Waals surface area contributed by atoms with Gasteiger partial charge >= 0.3 is 0 Å². The zero-order valence-electron chi connectivity index (χ0n) is 16.1. The lowest BCUT2D eigenvalue weighted by Crippen LogP contribution is -2.40. The highest BCUT2D eigenvalue weighted by Crippen LogP contribution is 2.27. The van der Waals surface area contributed by atoms with E-state index >= 15 is 0 Å². The summed E-state index contributed by atoms with van der Waals surface area (Å²) >= 11 is 0. The second kappa shape index (κ2) is 9.65. The molecule has 3 N–H and O–H groups in total. The Morgan fingerprint density at radius 1 is 1.21 bits per heavy atom. The molecule has 1 atom stereocenters. The van der Waals surface area contributed by atoms with E-state index in [1.807, 2.05) is 26.8 Å². The Hall–Kier alpha value is -0.760. The first-order valence-corrected chi connectivity index (χ1v) is 8.37. The van der Waals surface area contributed by atoms with E-state index in [4.69, 9.17) is 4.42 Å². The van der Waals surface area contributed by atoms with Gasteiger partial charge in [0.1, 0.15) is 17.1 Å². The lowest BCUT2D eigenvalue weighted by molar-refractivity contribution is 0.0657. The third-order valence-corrected chi connectivity index (χ3v) is 3.68. The Morgan fingerprint density at radius 2 is 1.83 bits per heavy atom. The highest BCUT2D eigenvalue weighted by Gasteiger charge is 2.27. The van der Waals surface area contributed by atoms with E-state index < -0.39 is 5.60 Å². The van der Waals surface area contributed by atoms with Gasteiger partial charge in [0, 0.05) is 18.7 Å². The quantitative estimate of drug-likeness (QED) is 0.351. The van der Waals surface area contributed by atoms with Crippen LogP contribution in [0.3, 0.4) is 0 Å². The van der Waals surface area contributed by atoms with Crippen LogP contribution < -0.4 is 10.6 Å². The van der Waals surface area contributed by atoms with Gasteiger partial charge < -0.3 is 20.2 Å². The first-order valence-electron chi connectivity index (χ1n) is 8.37. The predicted molar refractivity (Wildman–Crippen MR) is 111 cm³/mol. The summed E-state index contributed by atoms with van der Waals surface area (Å²) in [4.78, 5) is 4.53. The molecule has 0 radical (unpaired) electrons. The molecular formula is C18H34IN3O2. The highest BCUT2D eigenvalue weighted by atomic mass is 127. The molecule has 0 aromatic carbocycles. The van der Waals surface area contributed by atoms with E-state index in [-0.39, 0.29) is 35.9 Å². The maximum atomic E-state index is 10.7. The minimum absolute atomic E-state index is 0. The summed E-state index contributed by atoms with van der Waals surface area (Å²) in [6.45, 7) is 16.1. The van der Waals surface area contributed by atoms with Gasteiger partial charge in [0.05, 0.1) is 6.54 Å². The summed E-state index contributed by atoms with van der Waals surface area (Å²) < 4.78 is 5.52. The van der Waals surface area contributed by atoms with E-state index in [0.717, 1.165) is 42.6 Å². The Labute approximate surface area is 163 Å². The molecule has 0 spiro atoms. The van der Waals surface area contributed by atoms with Gasteiger partial charge in [-0.05, 0) is 45.6 Å². The largest absolute Gasteiger partial charge is 0.466 e. The first kappa shape index (κ1) is 23.2. The topological polar surface area (TPSA) is 69.8 Å². The number of aliphatic hydroxyl groups is 1. The molecule has 1 unspecified atom stereocenters. The van der Waals surface area contributed by atoms with Crippen molar-refractivity contribution in [2.75, 3.05) is 19.6 Å². The fourth-order valence-electron chi connectivity index (χ4n) is 2.38. The zero-order chi connectivity index (χ0) is 17.7. The maximum absolute atomic E-state index is 10.7. The van der Waals surface area contributed by atoms with Gasteiger partial charge in [-0.15, -0.1) is 24.0 Å². The van der Waals surface area contributed by atoms with Crippen molar-refractivity contribution in [1.29, 1.82) is 0 Å². The molecule has 0 amide bonds. The second-order valence-electron chi connectivity index (χ2n) is 7.53. The molecule has 1 aromatic heterocycles. The Balaban J connectivity index is 0.00000529. The number of furan rings is 1. The molecule has 5 nitrogen and oxygen atoms in total. The Bertz CT molecular complexity index is 531. The van der Waals surface area contributed by atoms with E-state index in [2.05, 4.69) is 36.4 Å². The molecule has 0 bridgehead atoms. The van der Waals surface area contributed by atoms with Gasteiger partial charge in [0.15, 0.2) is 5.96 Å². The summed E-state index contributed by atoms with van der Waals surface area (Å²) in [5, 5.41) is 17.3. The number of nitrogens with one attached hydrogen (secondary N) is 2. The second-order valence-corrected chi connectivity index (χ2v) is 7.53. The Kier molecular flexibility index (Phi) is 9.35. The summed E-state index contributed by atoms with van der Waals surface area (Å²) in [6.07, 6.45) is 1.05. The summed E-state index contributed by atoms with van der Waals surface area (Å²) in [7, 11) is 0. The van der Waals surface area contributed by atoms with Crippen molar-refractivity contribution in [3.63, 3.8) is 0 Å². The molecule has 0 saturated carbocycles. The average Bonchev–Trinajstić information content (AvgIpc) is 2.74. The standard InChI is InChI=1S/C18H33N3O2.HI/c1-8-19-16(20-10-9-17(4,5)6)21-12-18(7,22)15-11-13(2)23-14(15)3;/h11,22H,8-10,12H2,1-7H3,(H2,19,20,21);1H. The van der Waals surface area contributed by atoms with Crippen LogP contribution >= 0.6 is 24.0 Å². The number of halogens is 1. The van der Waals surface area contributed by atoms with Gasteiger partial charge in [-0.3, -0.25) is 0 Å². The first-order chi connectivity index (χ1) is 10.5. The number of hydrogen-bond acceptors (Lipinski definition) is 3. The van der Waals surface area contributed by atoms with E-state index in [1.54, 1.807) is 6.92 Å². The van der Waals surface area contributed by atoms with Crippen molar-refractivity contribution in [2.24, 2.45) is 10.4 Å². The third-order valence-electron chi connectivity index (χ3n) is 3.68. The van der Waals surface area contributed by atoms with Crippen molar-refractivity contribution >= 4 is 29.9 Å². The lowest BCUT2D eigenvalue weighted by atomic mass is 9.92. The molecule has 0 aliphatic rings. The fourth-order valence-corrected chi connectivity index (χ4v) is 2.38. The number of aryl methyl sites for hydroxylation is 2. The summed E-state index contributed by atoms with van der Waals surface area (Å²) in [6, 6.07) is 1.88. The number of guanidine groups is 1.